The van der Waals surface area contributed by atoms with Crippen LogP contribution < -0.4 is 0 Å². The van der Waals surface area contributed by atoms with Gasteiger partial charge in [0, 0.05) is 0 Å². The predicted molar refractivity (Wildman–Crippen MR) is 138 cm³/mol. The van der Waals surface area contributed by atoms with Crippen molar-refractivity contribution in [3.63, 3.8) is 0 Å². The van der Waals surface area contributed by atoms with Crippen LogP contribution in [0.4, 0.5) is 4.39 Å². The molecule has 3 aliphatic rings. The minimum absolute atomic E-state index is 0.00782. The predicted octanol–water partition coefficient (Wildman–Crippen LogP) is 9.89. The summed E-state index contributed by atoms with van der Waals surface area (Å²) in [4.78, 5) is 0. The van der Waals surface area contributed by atoms with Crippen LogP contribution in [0.15, 0.2) is 42.5 Å². The molecule has 1 heteroatoms. The fourth-order valence-electron chi connectivity index (χ4n) is 7.24. The van der Waals surface area contributed by atoms with Crippen molar-refractivity contribution in [3.05, 3.63) is 59.4 Å². The number of halogens is 1. The largest absolute Gasteiger partial charge is 0.207 e. The molecule has 0 aliphatic heterocycles. The van der Waals surface area contributed by atoms with Crippen LogP contribution in [-0.4, -0.2) is 0 Å². The Morgan fingerprint density at radius 1 is 0.545 bits per heavy atom. The molecule has 0 spiro atoms. The van der Waals surface area contributed by atoms with E-state index < -0.39 is 0 Å². The normalized spacial score (nSPS) is 33.1. The third-order valence-electron chi connectivity index (χ3n) is 9.67. The zero-order valence-electron chi connectivity index (χ0n) is 20.9. The quantitative estimate of drug-likeness (QED) is 0.438. The monoisotopic (exact) mass is 446 g/mol. The summed E-state index contributed by atoms with van der Waals surface area (Å²) in [5, 5.41) is 0. The van der Waals surface area contributed by atoms with Gasteiger partial charge in [0.05, 0.1) is 0 Å². The molecule has 0 saturated heterocycles. The van der Waals surface area contributed by atoms with Gasteiger partial charge in [-0.2, -0.15) is 0 Å². The molecule has 2 aromatic carbocycles. The second-order valence-electron chi connectivity index (χ2n) is 11.9. The number of hydrogen-bond acceptors (Lipinski definition) is 0. The second kappa shape index (κ2) is 10.3. The minimum Gasteiger partial charge on any atom is -0.207 e. The molecule has 0 radical (unpaired) electrons. The summed E-state index contributed by atoms with van der Waals surface area (Å²) >= 11 is 0. The van der Waals surface area contributed by atoms with Crippen molar-refractivity contribution in [2.75, 3.05) is 0 Å². The molecular formula is C32H43F. The first-order valence-corrected chi connectivity index (χ1v) is 14.0. The van der Waals surface area contributed by atoms with Crippen molar-refractivity contribution in [2.24, 2.45) is 23.7 Å². The molecule has 3 aliphatic carbocycles. The highest BCUT2D eigenvalue weighted by molar-refractivity contribution is 5.64. The van der Waals surface area contributed by atoms with Crippen LogP contribution in [0, 0.1) is 29.5 Å². The van der Waals surface area contributed by atoms with Crippen molar-refractivity contribution in [1.82, 2.24) is 0 Å². The van der Waals surface area contributed by atoms with E-state index in [1.165, 1.54) is 69.8 Å². The molecule has 178 valence electrons. The van der Waals surface area contributed by atoms with Gasteiger partial charge in [-0.15, -0.1) is 0 Å². The van der Waals surface area contributed by atoms with E-state index in [0.717, 1.165) is 53.2 Å². The van der Waals surface area contributed by atoms with Gasteiger partial charge in [0.1, 0.15) is 5.82 Å². The number of hydrogen-bond donors (Lipinski definition) is 0. The Balaban J connectivity index is 1.19. The maximum Gasteiger partial charge on any atom is 0.127 e. The molecule has 5 rings (SSSR count). The van der Waals surface area contributed by atoms with Crippen LogP contribution in [0.5, 0.6) is 0 Å². The third kappa shape index (κ3) is 5.39. The smallest absolute Gasteiger partial charge is 0.127 e. The Kier molecular flexibility index (Phi) is 7.24. The van der Waals surface area contributed by atoms with Gasteiger partial charge in [0.15, 0.2) is 0 Å². The zero-order valence-corrected chi connectivity index (χ0v) is 20.9. The summed E-state index contributed by atoms with van der Waals surface area (Å²) in [6, 6.07) is 15.1. The average molecular weight is 447 g/mol. The number of benzene rings is 2. The SMILES string of the molecule is CC1CCC(c2ccc(-c3ccc(C4CCC(C5CCC(C)CC5)CC4)cc3)cc2F)CC1. The first-order chi connectivity index (χ1) is 16.1. The fourth-order valence-corrected chi connectivity index (χ4v) is 7.24. The lowest BCUT2D eigenvalue weighted by molar-refractivity contribution is 0.165. The maximum absolute atomic E-state index is 15.0. The first-order valence-electron chi connectivity index (χ1n) is 14.0. The Hall–Kier alpha value is -1.63. The van der Waals surface area contributed by atoms with E-state index in [-0.39, 0.29) is 5.82 Å². The highest BCUT2D eigenvalue weighted by Gasteiger charge is 2.30. The van der Waals surface area contributed by atoms with Gasteiger partial charge in [-0.05, 0) is 115 Å². The molecular weight excluding hydrogens is 403 g/mol. The Morgan fingerprint density at radius 2 is 1.03 bits per heavy atom. The van der Waals surface area contributed by atoms with Gasteiger partial charge in [0.25, 0.3) is 0 Å². The minimum atomic E-state index is -0.00782. The Morgan fingerprint density at radius 3 is 1.61 bits per heavy atom. The standard InChI is InChI=1S/C32H43F/c1-22-3-7-24(8-4-22)25-11-13-26(14-12-25)27-15-17-28(18-16-27)30-19-20-31(32(33)21-30)29-9-5-23(2)6-10-29/h15-26,29H,3-14H2,1-2H3. The van der Waals surface area contributed by atoms with Crippen molar-refractivity contribution < 1.29 is 4.39 Å². The molecule has 0 unspecified atom stereocenters. The fraction of sp³-hybridized carbons (Fsp3) is 0.625. The lowest BCUT2D eigenvalue weighted by Crippen LogP contribution is -2.24. The molecule has 3 saturated carbocycles. The van der Waals surface area contributed by atoms with Crippen LogP contribution in [0.2, 0.25) is 0 Å². The molecule has 0 nitrogen and oxygen atoms in total. The average Bonchev–Trinajstić information content (AvgIpc) is 2.85. The summed E-state index contributed by atoms with van der Waals surface area (Å²) < 4.78 is 15.0. The van der Waals surface area contributed by atoms with E-state index in [0.29, 0.717) is 11.8 Å². The second-order valence-corrected chi connectivity index (χ2v) is 11.9. The van der Waals surface area contributed by atoms with E-state index in [1.807, 2.05) is 0 Å². The molecule has 0 amide bonds. The molecule has 2 aromatic rings. The maximum atomic E-state index is 15.0. The molecule has 0 N–H and O–H groups in total. The number of rotatable bonds is 4. The summed E-state index contributed by atoms with van der Waals surface area (Å²) in [6.07, 6.45) is 16.1. The summed E-state index contributed by atoms with van der Waals surface area (Å²) in [5.74, 6) is 4.84. The Bertz CT molecular complexity index is 889. The van der Waals surface area contributed by atoms with E-state index in [9.17, 15) is 4.39 Å². The van der Waals surface area contributed by atoms with Crippen molar-refractivity contribution in [1.29, 1.82) is 0 Å². The lowest BCUT2D eigenvalue weighted by atomic mass is 9.68. The molecule has 0 heterocycles. The van der Waals surface area contributed by atoms with Gasteiger partial charge in [-0.1, -0.05) is 75.9 Å². The summed E-state index contributed by atoms with van der Waals surface area (Å²) in [7, 11) is 0. The van der Waals surface area contributed by atoms with Crippen molar-refractivity contribution in [2.45, 2.75) is 103 Å². The lowest BCUT2D eigenvalue weighted by Gasteiger charge is -2.37. The van der Waals surface area contributed by atoms with E-state index in [1.54, 1.807) is 6.07 Å². The third-order valence-corrected chi connectivity index (χ3v) is 9.67. The van der Waals surface area contributed by atoms with Crippen LogP contribution in [-0.2, 0) is 0 Å². The van der Waals surface area contributed by atoms with Crippen LogP contribution in [0.25, 0.3) is 11.1 Å². The van der Waals surface area contributed by atoms with Gasteiger partial charge in [0.2, 0.25) is 0 Å². The topological polar surface area (TPSA) is 0 Å². The first kappa shape index (κ1) is 23.1. The Labute approximate surface area is 201 Å². The highest BCUT2D eigenvalue weighted by atomic mass is 19.1. The van der Waals surface area contributed by atoms with Crippen LogP contribution in [0.1, 0.15) is 114 Å². The molecule has 0 atom stereocenters. The summed E-state index contributed by atoms with van der Waals surface area (Å²) in [6.45, 7) is 4.75. The van der Waals surface area contributed by atoms with Crippen LogP contribution in [0.3, 0.4) is 0 Å². The van der Waals surface area contributed by atoms with E-state index >= 15 is 0 Å². The highest BCUT2D eigenvalue weighted by Crippen LogP contribution is 2.44. The van der Waals surface area contributed by atoms with E-state index in [4.69, 9.17) is 0 Å². The molecule has 0 bridgehead atoms. The van der Waals surface area contributed by atoms with E-state index in [2.05, 4.69) is 50.2 Å². The van der Waals surface area contributed by atoms with Gasteiger partial charge in [-0.3, -0.25) is 0 Å². The molecule has 0 aromatic heterocycles. The van der Waals surface area contributed by atoms with Crippen molar-refractivity contribution >= 4 is 0 Å². The molecule has 3 fully saturated rings. The van der Waals surface area contributed by atoms with Gasteiger partial charge >= 0.3 is 0 Å². The van der Waals surface area contributed by atoms with Crippen molar-refractivity contribution in [3.8, 4) is 11.1 Å². The van der Waals surface area contributed by atoms with Gasteiger partial charge in [-0.25, -0.2) is 4.39 Å². The molecule has 33 heavy (non-hydrogen) atoms. The summed E-state index contributed by atoms with van der Waals surface area (Å²) in [5.41, 5.74) is 4.59. The van der Waals surface area contributed by atoms with Gasteiger partial charge < -0.3 is 0 Å². The zero-order chi connectivity index (χ0) is 22.8. The van der Waals surface area contributed by atoms with Crippen LogP contribution >= 0.6 is 0 Å².